The van der Waals surface area contributed by atoms with Crippen LogP contribution in [0.15, 0.2) is 0 Å². The first-order chi connectivity index (χ1) is 11.2. The molecule has 3 nitrogen and oxygen atoms in total. The second-order valence-corrected chi connectivity index (χ2v) is 10.8. The molecule has 0 saturated heterocycles. The monoisotopic (exact) mass is 378 g/mol. The summed E-state index contributed by atoms with van der Waals surface area (Å²) in [6, 6.07) is 1.11. The predicted octanol–water partition coefficient (Wildman–Crippen LogP) is 6.94. The van der Waals surface area contributed by atoms with Crippen molar-refractivity contribution in [2.45, 2.75) is 118 Å². The number of aliphatic hydroxyl groups is 1. The summed E-state index contributed by atoms with van der Waals surface area (Å²) < 4.78 is 11.9. The fourth-order valence-corrected chi connectivity index (χ4v) is 5.95. The van der Waals surface area contributed by atoms with Gasteiger partial charge in [0.05, 0.1) is 0 Å². The van der Waals surface area contributed by atoms with Gasteiger partial charge in [0, 0.05) is 18.6 Å². The number of aliphatic hydroxyl groups excluding tert-OH is 1. The van der Waals surface area contributed by atoms with Crippen LogP contribution < -0.4 is 0 Å². The quantitative estimate of drug-likeness (QED) is 0.214. The van der Waals surface area contributed by atoms with Gasteiger partial charge in [0.25, 0.3) is 0 Å². The molecule has 1 N–H and O–H groups in total. The molecule has 0 spiro atoms. The Morgan fingerprint density at radius 1 is 0.875 bits per heavy atom. The van der Waals surface area contributed by atoms with Gasteiger partial charge in [-0.1, -0.05) is 52.4 Å². The van der Waals surface area contributed by atoms with E-state index < -0.39 is 8.56 Å². The van der Waals surface area contributed by atoms with Crippen LogP contribution in [0.2, 0.25) is 12.6 Å². The van der Waals surface area contributed by atoms with Gasteiger partial charge < -0.3 is 14.0 Å². The van der Waals surface area contributed by atoms with Crippen molar-refractivity contribution in [3.8, 4) is 0 Å². The smallest absolute Gasteiger partial charge is 0.335 e. The molecule has 0 bridgehead atoms. The van der Waals surface area contributed by atoms with Gasteiger partial charge in [-0.3, -0.25) is 0 Å². The third kappa shape index (κ3) is 20.1. The Morgan fingerprint density at radius 3 is 1.71 bits per heavy atom. The van der Waals surface area contributed by atoms with Gasteiger partial charge >= 0.3 is 8.56 Å². The molecule has 0 saturated carbocycles. The minimum Gasteiger partial charge on any atom is -0.502 e. The lowest BCUT2D eigenvalue weighted by molar-refractivity contribution is 0.109. The lowest BCUT2D eigenvalue weighted by atomic mass is 10.1. The van der Waals surface area contributed by atoms with Crippen LogP contribution in [0.5, 0.6) is 0 Å². The van der Waals surface area contributed by atoms with Crippen molar-refractivity contribution in [1.82, 2.24) is 0 Å². The van der Waals surface area contributed by atoms with Crippen molar-refractivity contribution in [3.05, 3.63) is 0 Å². The Morgan fingerprint density at radius 2 is 1.33 bits per heavy atom. The summed E-state index contributed by atoms with van der Waals surface area (Å²) in [5, 5.41) is 8.80. The van der Waals surface area contributed by atoms with E-state index in [-0.39, 0.29) is 17.3 Å². The summed E-state index contributed by atoms with van der Waals surface area (Å²) in [7, 11) is -1.90. The number of hydrogen-bond donors (Lipinski definition) is 1. The lowest BCUT2D eigenvalue weighted by Gasteiger charge is -2.31. The normalized spacial score (nSPS) is 11.5. The van der Waals surface area contributed by atoms with Crippen LogP contribution in [-0.2, 0) is 8.85 Å². The molecular formula is C19H42O3SSi. The Labute approximate surface area is 157 Å². The van der Waals surface area contributed by atoms with Crippen LogP contribution in [0.3, 0.4) is 0 Å². The highest BCUT2D eigenvalue weighted by molar-refractivity contribution is 7.80. The Hall–Kier alpha value is 0.0269. The molecule has 0 aliphatic heterocycles. The minimum absolute atomic E-state index is 0.163. The molecule has 0 aliphatic carbocycles. The first kappa shape index (κ1) is 26.3. The van der Waals surface area contributed by atoms with Crippen LogP contribution in [0.4, 0.5) is 0 Å². The van der Waals surface area contributed by atoms with Gasteiger partial charge in [0.1, 0.15) is 0 Å². The molecular weight excluding hydrogens is 336 g/mol. The first-order valence-electron chi connectivity index (χ1n) is 9.74. The maximum atomic E-state index is 8.64. The fourth-order valence-electron chi connectivity index (χ4n) is 2.52. The summed E-state index contributed by atoms with van der Waals surface area (Å²) in [5.41, 5.74) is 0. The van der Waals surface area contributed by atoms with Gasteiger partial charge in [-0.25, -0.2) is 0 Å². The SMILES string of the molecule is CCCCCCCC(O)=S.CCCC[Si](C)(OC(C)C)OC(C)C. The van der Waals surface area contributed by atoms with Gasteiger partial charge in [0.2, 0.25) is 0 Å². The standard InChI is InChI=1S/C11H26O2Si.C8H16OS/c1-7-8-9-14(6,12-10(2)3)13-11(4)5;1-2-3-4-5-6-7-8(9)10/h10-11H,7-9H2,1-6H3;2-7H2,1H3,(H,9,10). The van der Waals surface area contributed by atoms with Crippen LogP contribution in [-0.4, -0.2) is 30.9 Å². The van der Waals surface area contributed by atoms with Gasteiger partial charge in [-0.05, 0) is 58.9 Å². The molecule has 0 fully saturated rings. The van der Waals surface area contributed by atoms with E-state index in [4.69, 9.17) is 14.0 Å². The van der Waals surface area contributed by atoms with Crippen molar-refractivity contribution in [2.24, 2.45) is 0 Å². The molecule has 0 unspecified atom stereocenters. The first-order valence-corrected chi connectivity index (χ1v) is 12.7. The summed E-state index contributed by atoms with van der Waals surface area (Å²) in [4.78, 5) is 0. The van der Waals surface area contributed by atoms with E-state index in [9.17, 15) is 0 Å². The third-order valence-electron chi connectivity index (χ3n) is 3.45. The van der Waals surface area contributed by atoms with Crippen LogP contribution >= 0.6 is 12.2 Å². The maximum absolute atomic E-state index is 8.64. The number of rotatable bonds is 13. The third-order valence-corrected chi connectivity index (χ3v) is 6.85. The average Bonchev–Trinajstić information content (AvgIpc) is 2.43. The summed E-state index contributed by atoms with van der Waals surface area (Å²) in [6.07, 6.45) is 9.79. The second-order valence-electron chi connectivity index (χ2n) is 7.13. The number of unbranched alkanes of at least 4 members (excludes halogenated alkanes) is 5. The van der Waals surface area contributed by atoms with Gasteiger partial charge in [-0.15, -0.1) is 0 Å². The second kappa shape index (κ2) is 16.5. The van der Waals surface area contributed by atoms with E-state index in [2.05, 4.69) is 60.3 Å². The molecule has 0 aromatic heterocycles. The van der Waals surface area contributed by atoms with Gasteiger partial charge in [-0.2, -0.15) is 0 Å². The minimum atomic E-state index is -1.90. The zero-order valence-corrected chi connectivity index (χ0v) is 19.0. The molecule has 0 aliphatic rings. The molecule has 0 amide bonds. The molecule has 0 atom stereocenters. The molecule has 5 heteroatoms. The molecule has 0 heterocycles. The fraction of sp³-hybridized carbons (Fsp3) is 0.947. The molecule has 0 aromatic carbocycles. The van der Waals surface area contributed by atoms with Crippen LogP contribution in [0.1, 0.15) is 92.9 Å². The zero-order chi connectivity index (χ0) is 19.0. The van der Waals surface area contributed by atoms with Crippen molar-refractivity contribution >= 4 is 25.8 Å². The highest BCUT2D eigenvalue weighted by atomic mass is 32.1. The zero-order valence-electron chi connectivity index (χ0n) is 17.2. The Kier molecular flexibility index (Phi) is 18.0. The molecule has 0 aromatic rings. The van der Waals surface area contributed by atoms with Gasteiger partial charge in [0.15, 0.2) is 5.05 Å². The van der Waals surface area contributed by atoms with Crippen LogP contribution in [0, 0.1) is 0 Å². The molecule has 146 valence electrons. The summed E-state index contributed by atoms with van der Waals surface area (Å²) >= 11 is 4.53. The number of hydrogen-bond acceptors (Lipinski definition) is 3. The predicted molar refractivity (Wildman–Crippen MR) is 112 cm³/mol. The summed E-state index contributed by atoms with van der Waals surface area (Å²) in [5.74, 6) is 0. The largest absolute Gasteiger partial charge is 0.502 e. The lowest BCUT2D eigenvalue weighted by Crippen LogP contribution is -2.42. The van der Waals surface area contributed by atoms with E-state index in [1.54, 1.807) is 0 Å². The average molecular weight is 379 g/mol. The van der Waals surface area contributed by atoms with E-state index in [0.29, 0.717) is 6.42 Å². The maximum Gasteiger partial charge on any atom is 0.335 e. The van der Waals surface area contributed by atoms with Crippen molar-refractivity contribution in [2.75, 3.05) is 0 Å². The van der Waals surface area contributed by atoms with E-state index in [0.717, 1.165) is 12.5 Å². The Balaban J connectivity index is 0. The van der Waals surface area contributed by atoms with E-state index in [1.807, 2.05) is 0 Å². The van der Waals surface area contributed by atoms with Crippen molar-refractivity contribution in [3.63, 3.8) is 0 Å². The van der Waals surface area contributed by atoms with E-state index >= 15 is 0 Å². The number of thiocarbonyl (C=S) groups is 1. The molecule has 0 radical (unpaired) electrons. The Bertz CT molecular complexity index is 286. The van der Waals surface area contributed by atoms with Crippen molar-refractivity contribution in [1.29, 1.82) is 0 Å². The summed E-state index contributed by atoms with van der Waals surface area (Å²) in [6.45, 7) is 14.9. The molecule has 0 rings (SSSR count). The molecule has 24 heavy (non-hydrogen) atoms. The highest BCUT2D eigenvalue weighted by Crippen LogP contribution is 2.20. The topological polar surface area (TPSA) is 38.7 Å². The van der Waals surface area contributed by atoms with Crippen molar-refractivity contribution < 1.29 is 14.0 Å². The highest BCUT2D eigenvalue weighted by Gasteiger charge is 2.32. The van der Waals surface area contributed by atoms with Crippen LogP contribution in [0.25, 0.3) is 0 Å². The van der Waals surface area contributed by atoms with E-state index in [1.165, 1.54) is 38.5 Å².